The Balaban J connectivity index is 0.862. The molecule has 1 unspecified atom stereocenters. The van der Waals surface area contributed by atoms with Gasteiger partial charge in [0.15, 0.2) is 0 Å². The van der Waals surface area contributed by atoms with E-state index in [1.165, 1.54) is 38.2 Å². The van der Waals surface area contributed by atoms with Crippen LogP contribution in [0.15, 0.2) is 205 Å². The van der Waals surface area contributed by atoms with E-state index in [9.17, 15) is 0 Å². The quantitative estimate of drug-likeness (QED) is 0.166. The molecule has 4 aromatic heterocycles. The number of rotatable bonds is 4. The number of fused-ring (bicyclic) bond motifs is 16. The van der Waals surface area contributed by atoms with E-state index in [2.05, 4.69) is 194 Å². The molecule has 0 amide bonds. The van der Waals surface area contributed by atoms with Gasteiger partial charge < -0.3 is 4.42 Å². The molecule has 14 rings (SSSR count). The molecule has 0 fully saturated rings. The maximum Gasteiger partial charge on any atom is 0.144 e. The zero-order valence-electron chi connectivity index (χ0n) is 35.2. The van der Waals surface area contributed by atoms with Crippen LogP contribution in [0.25, 0.3) is 127 Å². The number of furan rings is 1. The van der Waals surface area contributed by atoms with Crippen molar-refractivity contribution in [1.29, 1.82) is 0 Å². The lowest BCUT2D eigenvalue weighted by Crippen LogP contribution is -2.07. The van der Waals surface area contributed by atoms with Crippen molar-refractivity contribution in [3.8, 4) is 33.8 Å². The summed E-state index contributed by atoms with van der Waals surface area (Å²) < 4.78 is 6.62. The van der Waals surface area contributed by atoms with Crippen molar-refractivity contribution in [2.75, 3.05) is 0 Å². The molecular formula is C61H37N3O. The largest absolute Gasteiger partial charge is 0.455 e. The fraction of sp³-hybridized carbons (Fsp3) is 0.0328. The second kappa shape index (κ2) is 14.0. The highest BCUT2D eigenvalue weighted by atomic mass is 16.3. The minimum Gasteiger partial charge on any atom is -0.455 e. The van der Waals surface area contributed by atoms with Gasteiger partial charge in [0.05, 0.1) is 33.6 Å². The Morgan fingerprint density at radius 2 is 1.09 bits per heavy atom. The predicted molar refractivity (Wildman–Crippen MR) is 270 cm³/mol. The maximum absolute atomic E-state index is 6.62. The lowest BCUT2D eigenvalue weighted by Gasteiger charge is -2.24. The molecule has 1 aliphatic rings. The highest BCUT2D eigenvalue weighted by molar-refractivity contribution is 6.24. The van der Waals surface area contributed by atoms with Crippen LogP contribution >= 0.6 is 0 Å². The van der Waals surface area contributed by atoms with E-state index in [4.69, 9.17) is 19.4 Å². The summed E-state index contributed by atoms with van der Waals surface area (Å²) in [6.07, 6.45) is 5.67. The number of hydrogen-bond acceptors (Lipinski definition) is 4. The molecule has 0 radical (unpaired) electrons. The number of pyridine rings is 3. The van der Waals surface area contributed by atoms with Gasteiger partial charge in [-0.25, -0.2) is 15.0 Å². The maximum atomic E-state index is 6.62. The zero-order valence-corrected chi connectivity index (χ0v) is 35.2. The van der Waals surface area contributed by atoms with Crippen molar-refractivity contribution in [3.05, 3.63) is 217 Å². The normalized spacial score (nSPS) is 13.9. The summed E-state index contributed by atoms with van der Waals surface area (Å²) in [5.74, 6) is 0.198. The summed E-state index contributed by atoms with van der Waals surface area (Å²) in [6, 6.07) is 69.2. The fourth-order valence-electron chi connectivity index (χ4n) is 10.6. The van der Waals surface area contributed by atoms with E-state index >= 15 is 0 Å². The molecule has 0 bridgehead atoms. The highest BCUT2D eigenvalue weighted by Gasteiger charge is 2.23. The van der Waals surface area contributed by atoms with E-state index in [1.807, 2.05) is 12.1 Å². The second-order valence-corrected chi connectivity index (χ2v) is 17.4. The molecule has 4 heterocycles. The predicted octanol–water partition coefficient (Wildman–Crippen LogP) is 16.0. The molecule has 1 atom stereocenters. The summed E-state index contributed by atoms with van der Waals surface area (Å²) in [4.78, 5) is 15.8. The monoisotopic (exact) mass is 827 g/mol. The first-order valence-corrected chi connectivity index (χ1v) is 22.4. The molecule has 65 heavy (non-hydrogen) atoms. The Morgan fingerprint density at radius 1 is 0.431 bits per heavy atom. The molecule has 1 aliphatic carbocycles. The third kappa shape index (κ3) is 5.60. The Morgan fingerprint density at radius 3 is 1.92 bits per heavy atom. The minimum absolute atomic E-state index is 0.198. The number of aromatic nitrogens is 3. The second-order valence-electron chi connectivity index (χ2n) is 17.4. The average Bonchev–Trinajstić information content (AvgIpc) is 3.77. The fourth-order valence-corrected chi connectivity index (χ4v) is 10.6. The number of allylic oxidation sites excluding steroid dienone is 1. The van der Waals surface area contributed by atoms with E-state index in [0.717, 1.165) is 106 Å². The molecule has 4 nitrogen and oxygen atoms in total. The Labute approximate surface area is 373 Å². The van der Waals surface area contributed by atoms with Crippen LogP contribution in [-0.2, 0) is 6.42 Å². The van der Waals surface area contributed by atoms with Gasteiger partial charge in [0.2, 0.25) is 0 Å². The summed E-state index contributed by atoms with van der Waals surface area (Å²) in [5.41, 5.74) is 14.7. The van der Waals surface area contributed by atoms with Crippen LogP contribution in [0, 0.1) is 0 Å². The van der Waals surface area contributed by atoms with Gasteiger partial charge in [-0.15, -0.1) is 0 Å². The Bertz CT molecular complexity index is 4170. The van der Waals surface area contributed by atoms with Crippen LogP contribution in [0.5, 0.6) is 0 Å². The molecule has 13 aromatic rings. The molecule has 0 saturated heterocycles. The minimum atomic E-state index is 0.198. The van der Waals surface area contributed by atoms with Crippen LogP contribution < -0.4 is 0 Å². The zero-order chi connectivity index (χ0) is 42.6. The molecule has 4 heteroatoms. The van der Waals surface area contributed by atoms with Gasteiger partial charge in [0.1, 0.15) is 11.2 Å². The van der Waals surface area contributed by atoms with Crippen molar-refractivity contribution in [2.45, 2.75) is 12.3 Å². The van der Waals surface area contributed by atoms with Gasteiger partial charge in [0, 0.05) is 60.3 Å². The van der Waals surface area contributed by atoms with Crippen LogP contribution in [0.3, 0.4) is 0 Å². The molecule has 302 valence electrons. The van der Waals surface area contributed by atoms with Crippen LogP contribution in [0.1, 0.15) is 22.6 Å². The van der Waals surface area contributed by atoms with Crippen LogP contribution in [-0.4, -0.2) is 15.0 Å². The Hall–Kier alpha value is -8.47. The van der Waals surface area contributed by atoms with Gasteiger partial charge in [-0.2, -0.15) is 0 Å². The van der Waals surface area contributed by atoms with E-state index in [1.54, 1.807) is 0 Å². The number of para-hydroxylation sites is 2. The molecule has 9 aromatic carbocycles. The summed E-state index contributed by atoms with van der Waals surface area (Å²) in [5, 5.41) is 12.8. The van der Waals surface area contributed by atoms with Gasteiger partial charge in [-0.05, 0) is 87.1 Å². The molecule has 0 N–H and O–H groups in total. The van der Waals surface area contributed by atoms with Gasteiger partial charge >= 0.3 is 0 Å². The van der Waals surface area contributed by atoms with Crippen molar-refractivity contribution in [3.63, 3.8) is 0 Å². The number of nitrogens with zero attached hydrogens (tertiary/aromatic N) is 3. The van der Waals surface area contributed by atoms with Crippen molar-refractivity contribution in [2.24, 2.45) is 0 Å². The van der Waals surface area contributed by atoms with Crippen molar-refractivity contribution in [1.82, 2.24) is 15.0 Å². The lowest BCUT2D eigenvalue weighted by molar-refractivity contribution is 0.673. The lowest BCUT2D eigenvalue weighted by atomic mass is 9.80. The summed E-state index contributed by atoms with van der Waals surface area (Å²) >= 11 is 0. The third-order valence-electron chi connectivity index (χ3n) is 13.8. The Kier molecular flexibility index (Phi) is 7.78. The first-order valence-electron chi connectivity index (χ1n) is 22.4. The molecule has 0 aliphatic heterocycles. The van der Waals surface area contributed by atoms with Gasteiger partial charge in [-0.3, -0.25) is 0 Å². The molecule has 0 spiro atoms. The van der Waals surface area contributed by atoms with E-state index < -0.39 is 0 Å². The van der Waals surface area contributed by atoms with E-state index in [0.29, 0.717) is 0 Å². The topological polar surface area (TPSA) is 51.8 Å². The number of benzene rings is 9. The van der Waals surface area contributed by atoms with E-state index in [-0.39, 0.29) is 5.92 Å². The number of hydrogen-bond donors (Lipinski definition) is 0. The first kappa shape index (κ1) is 36.1. The van der Waals surface area contributed by atoms with Gasteiger partial charge in [0.25, 0.3) is 0 Å². The smallest absolute Gasteiger partial charge is 0.144 e. The average molecular weight is 828 g/mol. The third-order valence-corrected chi connectivity index (χ3v) is 13.8. The molecular weight excluding hydrogens is 791 g/mol. The van der Waals surface area contributed by atoms with Crippen molar-refractivity contribution >= 4 is 93.0 Å². The standard InChI is InChI=1S/C61H37N3O/c1-2-11-36(12-3-1)53-31-25-37-21-22-38-26-32-54(63-60(38)59(37)62-53)41-24-28-46-45-27-23-40(34-51(45)43-15-4-5-16-44(43)52(46)35-41)39-13-10-14-42(33-39)58-50-30-29-48-47-17-7-9-20-56(47)65-61(48)57(50)49-18-6-8-19-55(49)64-58/h1-33,35,40H,34H2. The summed E-state index contributed by atoms with van der Waals surface area (Å²) in [7, 11) is 0. The first-order chi connectivity index (χ1) is 32.2. The molecule has 0 saturated carbocycles. The van der Waals surface area contributed by atoms with Crippen molar-refractivity contribution < 1.29 is 4.42 Å². The van der Waals surface area contributed by atoms with Gasteiger partial charge in [-0.1, -0.05) is 164 Å². The SMILES string of the molecule is C1=CC(c2cccc(-c3nc4ccccc4c4c3ccc3c5ccccc5oc34)c2)Cc2c1c1ccc(-c3ccc4ccc5ccc(-c6ccccc6)nc5c4n3)cc1c1ccccc21. The van der Waals surface area contributed by atoms with Crippen LogP contribution in [0.2, 0.25) is 0 Å². The highest BCUT2D eigenvalue weighted by Crippen LogP contribution is 2.44. The summed E-state index contributed by atoms with van der Waals surface area (Å²) in [6.45, 7) is 0. The van der Waals surface area contributed by atoms with Crippen LogP contribution in [0.4, 0.5) is 0 Å².